The van der Waals surface area contributed by atoms with Crippen molar-refractivity contribution in [3.05, 3.63) is 96.3 Å². The molecule has 0 saturated carbocycles. The van der Waals surface area contributed by atoms with E-state index in [4.69, 9.17) is 4.74 Å². The molecule has 0 bridgehead atoms. The van der Waals surface area contributed by atoms with Crippen LogP contribution in [-0.2, 0) is 9.30 Å². The summed E-state index contributed by atoms with van der Waals surface area (Å²) in [6, 6.07) is 26.4. The van der Waals surface area contributed by atoms with Gasteiger partial charge in [-0.25, -0.2) is 4.39 Å². The van der Waals surface area contributed by atoms with Gasteiger partial charge in [0.15, 0.2) is 0 Å². The van der Waals surface area contributed by atoms with E-state index in [1.807, 2.05) is 76.1 Å². The number of hydrogen-bond donors (Lipinski definition) is 0. The normalized spacial score (nSPS) is 19.8. The fourth-order valence-corrected chi connectivity index (χ4v) is 8.45. The van der Waals surface area contributed by atoms with Crippen molar-refractivity contribution in [2.75, 3.05) is 48.7 Å². The highest BCUT2D eigenvalue weighted by atomic mass is 31.2. The lowest BCUT2D eigenvalue weighted by Crippen LogP contribution is -2.42. The molecule has 3 aromatic carbocycles. The molecule has 32 heavy (non-hydrogen) atoms. The monoisotopic (exact) mass is 451 g/mol. The lowest BCUT2D eigenvalue weighted by Gasteiger charge is -2.44. The van der Waals surface area contributed by atoms with Gasteiger partial charge in [-0.2, -0.15) is 0 Å². The Kier molecular flexibility index (Phi) is 6.01. The van der Waals surface area contributed by atoms with Crippen LogP contribution in [0.3, 0.4) is 0 Å². The zero-order valence-electron chi connectivity index (χ0n) is 17.9. The minimum atomic E-state index is -3.36. The van der Waals surface area contributed by atoms with Gasteiger partial charge in [0.25, 0.3) is 7.44 Å². The Hall–Kier alpha value is -2.66. The molecule has 0 aliphatic carbocycles. The first kappa shape index (κ1) is 21.2. The van der Waals surface area contributed by atoms with E-state index in [0.717, 1.165) is 11.4 Å². The highest BCUT2D eigenvalue weighted by molar-refractivity contribution is 7.67. The average Bonchev–Trinajstić information content (AvgIpc) is 3.20. The van der Waals surface area contributed by atoms with Gasteiger partial charge in [-0.05, 0) is 30.3 Å². The van der Waals surface area contributed by atoms with E-state index in [9.17, 15) is 0 Å². The molecule has 166 valence electrons. The molecular formula is C25H27FN3O2P. The third kappa shape index (κ3) is 3.73. The van der Waals surface area contributed by atoms with E-state index < -0.39 is 13.2 Å². The van der Waals surface area contributed by atoms with Gasteiger partial charge in [0, 0.05) is 43.1 Å². The number of para-hydroxylation sites is 2. The van der Waals surface area contributed by atoms with Crippen LogP contribution < -0.4 is 9.34 Å². The number of nitrogens with zero attached hydrogens (tertiary/aromatic N) is 3. The number of benzene rings is 3. The van der Waals surface area contributed by atoms with E-state index in [1.165, 1.54) is 6.07 Å². The molecule has 5 nitrogen and oxygen atoms in total. The molecule has 0 amide bonds. The van der Waals surface area contributed by atoms with Crippen LogP contribution in [0.25, 0.3) is 0 Å². The second-order valence-corrected chi connectivity index (χ2v) is 10.7. The number of rotatable bonds is 5. The molecule has 3 aromatic rings. The molecule has 5 rings (SSSR count). The van der Waals surface area contributed by atoms with E-state index in [-0.39, 0.29) is 5.82 Å². The van der Waals surface area contributed by atoms with Gasteiger partial charge in [0.2, 0.25) is 0 Å². The second-order valence-electron chi connectivity index (χ2n) is 8.05. The van der Waals surface area contributed by atoms with Crippen LogP contribution in [0.2, 0.25) is 0 Å². The fourth-order valence-electron chi connectivity index (χ4n) is 4.76. The van der Waals surface area contributed by atoms with Gasteiger partial charge in [0.05, 0.1) is 13.2 Å². The maximum atomic E-state index is 15.4. The third-order valence-electron chi connectivity index (χ3n) is 6.22. The van der Waals surface area contributed by atoms with Crippen LogP contribution >= 0.6 is 7.44 Å². The highest BCUT2D eigenvalue weighted by Crippen LogP contribution is 2.70. The average molecular weight is 451 g/mol. The molecule has 7 heteroatoms. The van der Waals surface area contributed by atoms with Crippen molar-refractivity contribution < 1.29 is 13.7 Å². The Labute approximate surface area is 188 Å². The van der Waals surface area contributed by atoms with E-state index >= 15 is 8.96 Å². The van der Waals surface area contributed by atoms with Gasteiger partial charge in [-0.3, -0.25) is 9.46 Å². The lowest BCUT2D eigenvalue weighted by atomic mass is 10.2. The Balaban J connectivity index is 1.71. The van der Waals surface area contributed by atoms with Crippen molar-refractivity contribution in [2.24, 2.45) is 0 Å². The van der Waals surface area contributed by atoms with Crippen LogP contribution in [0.5, 0.6) is 0 Å². The molecule has 2 aliphatic rings. The summed E-state index contributed by atoms with van der Waals surface area (Å²) in [6.07, 6.45) is 0. The molecule has 0 N–H and O–H groups in total. The topological polar surface area (TPSA) is 36.0 Å². The molecule has 0 spiro atoms. The molecule has 2 saturated heterocycles. The number of hydrogen-bond acceptors (Lipinski definition) is 3. The van der Waals surface area contributed by atoms with Crippen molar-refractivity contribution in [1.82, 2.24) is 4.90 Å². The minimum absolute atomic E-state index is 0.327. The van der Waals surface area contributed by atoms with Gasteiger partial charge < -0.3 is 14.1 Å². The first-order valence-corrected chi connectivity index (χ1v) is 12.7. The molecule has 0 aromatic heterocycles. The third-order valence-corrected chi connectivity index (χ3v) is 9.70. The first-order chi connectivity index (χ1) is 15.7. The molecule has 2 heterocycles. The summed E-state index contributed by atoms with van der Waals surface area (Å²) < 4.78 is 40.3. The van der Waals surface area contributed by atoms with Gasteiger partial charge >= 0.3 is 0 Å². The maximum Gasteiger partial charge on any atom is 0.284 e. The zero-order valence-corrected chi connectivity index (χ0v) is 18.8. The predicted octanol–water partition coefficient (Wildman–Crippen LogP) is 5.38. The highest BCUT2D eigenvalue weighted by Gasteiger charge is 2.52. The van der Waals surface area contributed by atoms with E-state index in [1.54, 1.807) is 12.1 Å². The maximum absolute atomic E-state index is 15.4. The summed E-state index contributed by atoms with van der Waals surface area (Å²) in [5.41, 5.74) is 2.26. The van der Waals surface area contributed by atoms with E-state index in [2.05, 4.69) is 4.90 Å². The Morgan fingerprint density at radius 2 is 1.22 bits per heavy atom. The molecule has 2 aliphatic heterocycles. The molecule has 1 atom stereocenters. The van der Waals surface area contributed by atoms with Crippen molar-refractivity contribution in [3.63, 3.8) is 0 Å². The van der Waals surface area contributed by atoms with Gasteiger partial charge in [-0.1, -0.05) is 54.6 Å². The number of halogens is 1. The predicted molar refractivity (Wildman–Crippen MR) is 127 cm³/mol. The molecule has 1 unspecified atom stereocenters. The minimum Gasteiger partial charge on any atom is -0.379 e. The summed E-state index contributed by atoms with van der Waals surface area (Å²) in [7, 11) is -3.36. The van der Waals surface area contributed by atoms with Crippen LogP contribution in [0.4, 0.5) is 15.8 Å². The number of ether oxygens (including phenoxy) is 1. The quantitative estimate of drug-likeness (QED) is 0.487. The van der Waals surface area contributed by atoms with Crippen molar-refractivity contribution in [2.45, 2.75) is 5.78 Å². The number of anilines is 2. The lowest BCUT2D eigenvalue weighted by molar-refractivity contribution is 0.0298. The molecular weight excluding hydrogens is 424 g/mol. The summed E-state index contributed by atoms with van der Waals surface area (Å²) in [4.78, 5) is 2.14. The molecule has 0 radical (unpaired) electrons. The van der Waals surface area contributed by atoms with Crippen molar-refractivity contribution >= 4 is 18.8 Å². The molecule has 2 fully saturated rings. The first-order valence-electron chi connectivity index (χ1n) is 11.0. The Morgan fingerprint density at radius 3 is 1.75 bits per heavy atom. The van der Waals surface area contributed by atoms with Crippen LogP contribution in [0.15, 0.2) is 84.9 Å². The van der Waals surface area contributed by atoms with Crippen LogP contribution in [0, 0.1) is 5.82 Å². The SMILES string of the molecule is O=P1(C(c2ccccc2F)N2CCOCC2)N(c2ccccc2)CCN1c1ccccc1. The van der Waals surface area contributed by atoms with E-state index in [0.29, 0.717) is 45.0 Å². The largest absolute Gasteiger partial charge is 0.379 e. The summed E-state index contributed by atoms with van der Waals surface area (Å²) >= 11 is 0. The van der Waals surface area contributed by atoms with Gasteiger partial charge in [0.1, 0.15) is 11.6 Å². The zero-order chi connectivity index (χ0) is 22.0. The van der Waals surface area contributed by atoms with Crippen molar-refractivity contribution in [3.8, 4) is 0 Å². The standard InChI is InChI=1S/C25H27FN3O2P/c26-24-14-8-7-13-23(24)25(27-17-19-31-20-18-27)32(30)28(21-9-3-1-4-10-21)15-16-29(32)22-11-5-2-6-12-22/h1-14,25H,15-20H2. The summed E-state index contributed by atoms with van der Waals surface area (Å²) in [5.74, 6) is -0.942. The second kappa shape index (κ2) is 9.07. The Morgan fingerprint density at radius 1 is 0.719 bits per heavy atom. The summed E-state index contributed by atoms with van der Waals surface area (Å²) in [5, 5.41) is 0. The van der Waals surface area contributed by atoms with Gasteiger partial charge in [-0.15, -0.1) is 0 Å². The van der Waals surface area contributed by atoms with Crippen LogP contribution in [0.1, 0.15) is 11.3 Å². The number of morpholine rings is 1. The van der Waals surface area contributed by atoms with Crippen molar-refractivity contribution in [1.29, 1.82) is 0 Å². The Bertz CT molecular complexity index is 1040. The smallest absolute Gasteiger partial charge is 0.284 e. The van der Waals surface area contributed by atoms with Crippen LogP contribution in [-0.4, -0.2) is 44.3 Å². The fraction of sp³-hybridized carbons (Fsp3) is 0.280. The summed E-state index contributed by atoms with van der Waals surface area (Å²) in [6.45, 7) is 3.50.